The molecule has 0 saturated heterocycles. The van der Waals surface area contributed by atoms with E-state index in [9.17, 15) is 0 Å². The molecule has 0 radical (unpaired) electrons. The first kappa shape index (κ1) is 18.9. The maximum absolute atomic E-state index is 4.96. The molecule has 3 heteroatoms. The summed E-state index contributed by atoms with van der Waals surface area (Å²) in [4.78, 5) is 7.51. The lowest BCUT2D eigenvalue weighted by atomic mass is 9.91. The van der Waals surface area contributed by atoms with Crippen LogP contribution in [0.4, 0.5) is 5.82 Å². The van der Waals surface area contributed by atoms with Crippen molar-refractivity contribution in [1.82, 2.24) is 9.55 Å². The summed E-state index contributed by atoms with van der Waals surface area (Å²) in [6, 6.07) is 22.2. The van der Waals surface area contributed by atoms with Gasteiger partial charge in [0.2, 0.25) is 0 Å². The molecule has 4 aromatic rings. The van der Waals surface area contributed by atoms with E-state index in [1.165, 1.54) is 38.9 Å². The third-order valence-electron chi connectivity index (χ3n) is 6.78. The summed E-state index contributed by atoms with van der Waals surface area (Å²) in [6.07, 6.45) is 4.14. The third-order valence-corrected chi connectivity index (χ3v) is 6.78. The van der Waals surface area contributed by atoms with Crippen LogP contribution in [0, 0.1) is 13.8 Å². The van der Waals surface area contributed by atoms with Gasteiger partial charge in [-0.05, 0) is 55.0 Å². The first-order valence-corrected chi connectivity index (χ1v) is 11.0. The number of rotatable bonds is 4. The summed E-state index contributed by atoms with van der Waals surface area (Å²) < 4.78 is 2.47. The molecule has 1 aliphatic heterocycles. The molecule has 0 aliphatic carbocycles. The Hall–Kier alpha value is -3.07. The van der Waals surface area contributed by atoms with Crippen molar-refractivity contribution in [3.63, 3.8) is 0 Å². The van der Waals surface area contributed by atoms with E-state index in [-0.39, 0.29) is 0 Å². The van der Waals surface area contributed by atoms with Crippen LogP contribution in [-0.4, -0.2) is 16.1 Å². The number of pyridine rings is 1. The molecule has 152 valence electrons. The number of aryl methyl sites for hydroxylation is 1. The average molecular weight is 396 g/mol. The summed E-state index contributed by atoms with van der Waals surface area (Å²) in [6.45, 7) is 8.66. The number of aromatic nitrogens is 2. The summed E-state index contributed by atoms with van der Waals surface area (Å²) >= 11 is 0. The molecule has 2 aromatic carbocycles. The highest BCUT2D eigenvalue weighted by Crippen LogP contribution is 2.39. The van der Waals surface area contributed by atoms with Gasteiger partial charge >= 0.3 is 0 Å². The molecule has 30 heavy (non-hydrogen) atoms. The third kappa shape index (κ3) is 3.00. The van der Waals surface area contributed by atoms with E-state index in [1.807, 2.05) is 6.20 Å². The van der Waals surface area contributed by atoms with Crippen molar-refractivity contribution < 1.29 is 0 Å². The van der Waals surface area contributed by atoms with Crippen molar-refractivity contribution in [2.24, 2.45) is 0 Å². The van der Waals surface area contributed by atoms with E-state index in [4.69, 9.17) is 4.98 Å². The minimum Gasteiger partial charge on any atom is -0.347 e. The Morgan fingerprint density at radius 2 is 1.73 bits per heavy atom. The molecule has 1 aliphatic rings. The zero-order valence-electron chi connectivity index (χ0n) is 18.1. The first-order chi connectivity index (χ1) is 14.7. The van der Waals surface area contributed by atoms with Crippen LogP contribution >= 0.6 is 0 Å². The number of hydrogen-bond donors (Lipinski definition) is 0. The number of fused-ring (bicyclic) bond motifs is 2. The van der Waals surface area contributed by atoms with Gasteiger partial charge in [0.05, 0.1) is 11.6 Å². The average Bonchev–Trinajstić information content (AvgIpc) is 3.04. The van der Waals surface area contributed by atoms with Crippen LogP contribution in [0.1, 0.15) is 47.3 Å². The summed E-state index contributed by atoms with van der Waals surface area (Å²) in [5.41, 5.74) is 8.22. The molecule has 0 N–H and O–H groups in total. The van der Waals surface area contributed by atoms with Crippen LogP contribution < -0.4 is 4.90 Å². The van der Waals surface area contributed by atoms with Gasteiger partial charge in [0.15, 0.2) is 5.82 Å². The van der Waals surface area contributed by atoms with E-state index in [2.05, 4.69) is 90.9 Å². The van der Waals surface area contributed by atoms with Crippen molar-refractivity contribution in [3.8, 4) is 0 Å². The Labute approximate surface area is 179 Å². The lowest BCUT2D eigenvalue weighted by Gasteiger charge is -2.38. The molecule has 0 bridgehead atoms. The highest BCUT2D eigenvalue weighted by Gasteiger charge is 2.29. The summed E-state index contributed by atoms with van der Waals surface area (Å²) in [5, 5.41) is 1.32. The van der Waals surface area contributed by atoms with Crippen LogP contribution in [-0.2, 0) is 13.0 Å². The molecule has 0 saturated carbocycles. The summed E-state index contributed by atoms with van der Waals surface area (Å²) in [7, 11) is 0. The van der Waals surface area contributed by atoms with Crippen LogP contribution in [0.5, 0.6) is 0 Å². The maximum Gasteiger partial charge on any atom is 0.153 e. The van der Waals surface area contributed by atoms with Gasteiger partial charge in [0, 0.05) is 30.4 Å². The number of hydrogen-bond acceptors (Lipinski definition) is 2. The second-order valence-corrected chi connectivity index (χ2v) is 8.38. The van der Waals surface area contributed by atoms with E-state index in [0.717, 1.165) is 31.7 Å². The smallest absolute Gasteiger partial charge is 0.153 e. The van der Waals surface area contributed by atoms with E-state index in [1.54, 1.807) is 0 Å². The van der Waals surface area contributed by atoms with Crippen molar-refractivity contribution in [2.45, 2.75) is 46.2 Å². The van der Waals surface area contributed by atoms with Gasteiger partial charge in [-0.3, -0.25) is 0 Å². The fraction of sp³-hybridized carbons (Fsp3) is 0.296. The predicted molar refractivity (Wildman–Crippen MR) is 125 cm³/mol. The number of nitrogens with zero attached hydrogens (tertiary/aromatic N) is 3. The minimum atomic E-state index is 0.369. The number of anilines is 1. The van der Waals surface area contributed by atoms with Gasteiger partial charge in [0.1, 0.15) is 0 Å². The topological polar surface area (TPSA) is 21.1 Å². The zero-order valence-corrected chi connectivity index (χ0v) is 18.1. The fourth-order valence-electron chi connectivity index (χ4n) is 5.10. The Bertz CT molecular complexity index is 1190. The van der Waals surface area contributed by atoms with Crippen LogP contribution in [0.3, 0.4) is 0 Å². The maximum atomic E-state index is 4.96. The van der Waals surface area contributed by atoms with Gasteiger partial charge in [-0.25, -0.2) is 4.98 Å². The second kappa shape index (κ2) is 7.64. The highest BCUT2D eigenvalue weighted by molar-refractivity contribution is 5.94. The second-order valence-electron chi connectivity index (χ2n) is 8.38. The normalized spacial score (nSPS) is 16.1. The molecule has 0 fully saturated rings. The van der Waals surface area contributed by atoms with Crippen LogP contribution in [0.2, 0.25) is 0 Å². The first-order valence-electron chi connectivity index (χ1n) is 11.0. The number of benzene rings is 2. The predicted octanol–water partition coefficient (Wildman–Crippen LogP) is 6.22. The molecular formula is C27H29N3. The van der Waals surface area contributed by atoms with Crippen molar-refractivity contribution in [3.05, 3.63) is 94.8 Å². The van der Waals surface area contributed by atoms with E-state index < -0.39 is 0 Å². The van der Waals surface area contributed by atoms with Gasteiger partial charge in [-0.1, -0.05) is 61.5 Å². The van der Waals surface area contributed by atoms with Crippen molar-refractivity contribution >= 4 is 16.7 Å². The fourth-order valence-corrected chi connectivity index (χ4v) is 5.10. The van der Waals surface area contributed by atoms with Gasteiger partial charge in [-0.15, -0.1) is 0 Å². The molecule has 1 unspecified atom stereocenters. The lowest BCUT2D eigenvalue weighted by Crippen LogP contribution is -2.36. The van der Waals surface area contributed by atoms with E-state index >= 15 is 0 Å². The SMILES string of the molecule is CCC1c2ccccc2CCN1c1nccc2c(C)c(C)n(Cc3ccccc3)c12. The van der Waals surface area contributed by atoms with Crippen LogP contribution in [0.15, 0.2) is 66.9 Å². The Morgan fingerprint density at radius 3 is 2.53 bits per heavy atom. The summed E-state index contributed by atoms with van der Waals surface area (Å²) in [5.74, 6) is 1.13. The monoisotopic (exact) mass is 395 g/mol. The van der Waals surface area contributed by atoms with Crippen molar-refractivity contribution in [2.75, 3.05) is 11.4 Å². The molecule has 0 amide bonds. The molecular weight excluding hydrogens is 366 g/mol. The molecule has 3 heterocycles. The lowest BCUT2D eigenvalue weighted by molar-refractivity contribution is 0.562. The van der Waals surface area contributed by atoms with Crippen molar-refractivity contribution in [1.29, 1.82) is 0 Å². The molecule has 0 spiro atoms. The van der Waals surface area contributed by atoms with E-state index in [0.29, 0.717) is 6.04 Å². The van der Waals surface area contributed by atoms with Crippen LogP contribution in [0.25, 0.3) is 10.9 Å². The quantitative estimate of drug-likeness (QED) is 0.409. The molecule has 1 atom stereocenters. The standard InChI is InChI=1S/C27H29N3/c1-4-25-24-13-9-8-12-22(24)15-17-29(25)27-26-23(14-16-28-27)19(2)20(3)30(26)18-21-10-6-5-7-11-21/h5-14,16,25H,4,15,17-18H2,1-3H3. The van der Waals surface area contributed by atoms with Gasteiger partial charge in [0.25, 0.3) is 0 Å². The molecule has 5 rings (SSSR count). The van der Waals surface area contributed by atoms with Gasteiger partial charge in [-0.2, -0.15) is 0 Å². The Balaban J connectivity index is 1.68. The van der Waals surface area contributed by atoms with Gasteiger partial charge < -0.3 is 9.47 Å². The largest absolute Gasteiger partial charge is 0.347 e. The highest BCUT2D eigenvalue weighted by atomic mass is 15.2. The molecule has 3 nitrogen and oxygen atoms in total. The molecule has 2 aromatic heterocycles. The Kier molecular flexibility index (Phi) is 4.82. The Morgan fingerprint density at radius 1 is 0.967 bits per heavy atom. The zero-order chi connectivity index (χ0) is 20.7. The minimum absolute atomic E-state index is 0.369.